The van der Waals surface area contributed by atoms with E-state index in [2.05, 4.69) is 10.6 Å². The van der Waals surface area contributed by atoms with Crippen LogP contribution in [0.5, 0.6) is 0 Å². The third-order valence-electron chi connectivity index (χ3n) is 2.92. The zero-order valence-corrected chi connectivity index (χ0v) is 13.3. The van der Waals surface area contributed by atoms with Gasteiger partial charge in [-0.05, 0) is 29.8 Å². The monoisotopic (exact) mass is 350 g/mol. The molecule has 0 radical (unpaired) electrons. The molecule has 2 rings (SSSR count). The Balaban J connectivity index is 2.13. The third-order valence-corrected chi connectivity index (χ3v) is 3.17. The van der Waals surface area contributed by atoms with Crippen LogP contribution in [0, 0.1) is 11.6 Å². The van der Waals surface area contributed by atoms with Crippen molar-refractivity contribution in [1.29, 1.82) is 0 Å². The number of nitrogens with one attached hydrogen (secondary N) is 2. The van der Waals surface area contributed by atoms with E-state index in [1.54, 1.807) is 24.3 Å². The molecule has 0 saturated heterocycles. The zero-order chi connectivity index (χ0) is 17.7. The van der Waals surface area contributed by atoms with Crippen molar-refractivity contribution in [3.63, 3.8) is 0 Å². The molecule has 0 aromatic heterocycles. The van der Waals surface area contributed by atoms with E-state index in [1.807, 2.05) is 0 Å². The Kier molecular flexibility index (Phi) is 5.65. The van der Waals surface area contributed by atoms with Gasteiger partial charge in [-0.3, -0.25) is 9.59 Å². The molecule has 4 nitrogen and oxygen atoms in total. The molecule has 0 saturated carbocycles. The highest BCUT2D eigenvalue weighted by Crippen LogP contribution is 2.23. The van der Waals surface area contributed by atoms with Crippen LogP contribution in [-0.2, 0) is 9.59 Å². The first kappa shape index (κ1) is 17.6. The van der Waals surface area contributed by atoms with Crippen molar-refractivity contribution in [3.8, 4) is 0 Å². The molecule has 0 heterocycles. The number of hydrogen-bond donors (Lipinski definition) is 2. The van der Waals surface area contributed by atoms with Gasteiger partial charge in [-0.25, -0.2) is 8.78 Å². The minimum Gasteiger partial charge on any atom is -0.324 e. The van der Waals surface area contributed by atoms with Gasteiger partial charge in [0.25, 0.3) is 0 Å². The number of carbonyl (C=O) groups is 2. The summed E-state index contributed by atoms with van der Waals surface area (Å²) in [4.78, 5) is 22.8. The lowest BCUT2D eigenvalue weighted by Crippen LogP contribution is -2.12. The largest absolute Gasteiger partial charge is 0.324 e. The summed E-state index contributed by atoms with van der Waals surface area (Å²) in [6, 6.07) is 8.35. The summed E-state index contributed by atoms with van der Waals surface area (Å²) >= 11 is 5.76. The van der Waals surface area contributed by atoms with Crippen LogP contribution < -0.4 is 10.6 Å². The fourth-order valence-corrected chi connectivity index (χ4v) is 1.98. The van der Waals surface area contributed by atoms with Gasteiger partial charge in [0.2, 0.25) is 11.8 Å². The van der Waals surface area contributed by atoms with Gasteiger partial charge in [0, 0.05) is 24.1 Å². The van der Waals surface area contributed by atoms with Crippen molar-refractivity contribution in [1.82, 2.24) is 0 Å². The van der Waals surface area contributed by atoms with Crippen molar-refractivity contribution in [3.05, 3.63) is 64.7 Å². The first-order chi connectivity index (χ1) is 11.3. The first-order valence-corrected chi connectivity index (χ1v) is 7.24. The van der Waals surface area contributed by atoms with Crippen LogP contribution in [-0.4, -0.2) is 11.8 Å². The maximum atomic E-state index is 13.7. The second kappa shape index (κ2) is 7.70. The number of carbonyl (C=O) groups excluding carboxylic acids is 2. The Bertz CT molecular complexity index is 805. The Labute approximate surface area is 142 Å². The standard InChI is InChI=1S/C17H13ClF2N2O2/c1-10(23)21-15-9-16(14(20)8-13(15)19)22-17(24)7-4-11-2-5-12(18)6-3-11/h2-9H,1H3,(H,21,23)(H,22,24)/b7-4+. The lowest BCUT2D eigenvalue weighted by molar-refractivity contribution is -0.114. The van der Waals surface area contributed by atoms with Crippen molar-refractivity contribution in [2.75, 3.05) is 10.6 Å². The van der Waals surface area contributed by atoms with Gasteiger partial charge in [0.15, 0.2) is 0 Å². The molecule has 0 aliphatic heterocycles. The normalized spacial score (nSPS) is 10.7. The predicted molar refractivity (Wildman–Crippen MR) is 89.8 cm³/mol. The molecule has 0 spiro atoms. The number of benzene rings is 2. The van der Waals surface area contributed by atoms with Crippen LogP contribution in [0.2, 0.25) is 5.02 Å². The number of amides is 2. The summed E-state index contributed by atoms with van der Waals surface area (Å²) in [7, 11) is 0. The predicted octanol–water partition coefficient (Wildman–Crippen LogP) is 4.23. The topological polar surface area (TPSA) is 58.2 Å². The van der Waals surface area contributed by atoms with Crippen molar-refractivity contribution >= 4 is 40.9 Å². The maximum absolute atomic E-state index is 13.7. The molecule has 0 aliphatic carbocycles. The second-order valence-electron chi connectivity index (χ2n) is 4.87. The summed E-state index contributed by atoms with van der Waals surface area (Å²) in [6.07, 6.45) is 2.71. The Morgan fingerprint density at radius 3 is 2.17 bits per heavy atom. The summed E-state index contributed by atoms with van der Waals surface area (Å²) in [5, 5.41) is 5.07. The maximum Gasteiger partial charge on any atom is 0.248 e. The van der Waals surface area contributed by atoms with Crippen LogP contribution in [0.3, 0.4) is 0 Å². The van der Waals surface area contributed by atoms with Gasteiger partial charge >= 0.3 is 0 Å². The van der Waals surface area contributed by atoms with Gasteiger partial charge < -0.3 is 10.6 Å². The van der Waals surface area contributed by atoms with Gasteiger partial charge in [-0.2, -0.15) is 0 Å². The number of anilines is 2. The number of rotatable bonds is 4. The van der Waals surface area contributed by atoms with E-state index < -0.39 is 23.4 Å². The molecule has 0 aliphatic rings. The van der Waals surface area contributed by atoms with E-state index in [-0.39, 0.29) is 11.4 Å². The Morgan fingerprint density at radius 1 is 1.00 bits per heavy atom. The van der Waals surface area contributed by atoms with E-state index in [1.165, 1.54) is 19.1 Å². The van der Waals surface area contributed by atoms with E-state index >= 15 is 0 Å². The fraction of sp³-hybridized carbons (Fsp3) is 0.0588. The van der Waals surface area contributed by atoms with Crippen molar-refractivity contribution in [2.45, 2.75) is 6.92 Å². The zero-order valence-electron chi connectivity index (χ0n) is 12.6. The SMILES string of the molecule is CC(=O)Nc1cc(NC(=O)/C=C/c2ccc(Cl)cc2)c(F)cc1F. The van der Waals surface area contributed by atoms with Gasteiger partial charge in [-0.1, -0.05) is 23.7 Å². The van der Waals surface area contributed by atoms with Crippen molar-refractivity contribution < 1.29 is 18.4 Å². The molecule has 2 aromatic rings. The lowest BCUT2D eigenvalue weighted by Gasteiger charge is -2.09. The average Bonchev–Trinajstić information content (AvgIpc) is 2.51. The van der Waals surface area contributed by atoms with E-state index in [9.17, 15) is 18.4 Å². The van der Waals surface area contributed by atoms with Gasteiger partial charge in [-0.15, -0.1) is 0 Å². The van der Waals surface area contributed by atoms with Gasteiger partial charge in [0.05, 0.1) is 11.4 Å². The molecule has 0 atom stereocenters. The lowest BCUT2D eigenvalue weighted by atomic mass is 10.2. The van der Waals surface area contributed by atoms with Crippen LogP contribution in [0.4, 0.5) is 20.2 Å². The van der Waals surface area contributed by atoms with Crippen LogP contribution in [0.25, 0.3) is 6.08 Å². The number of hydrogen-bond acceptors (Lipinski definition) is 2. The fourth-order valence-electron chi connectivity index (χ4n) is 1.85. The third kappa shape index (κ3) is 4.89. The van der Waals surface area contributed by atoms with E-state index in [0.717, 1.165) is 11.6 Å². The minimum absolute atomic E-state index is 0.221. The molecule has 0 bridgehead atoms. The van der Waals surface area contributed by atoms with Gasteiger partial charge in [0.1, 0.15) is 11.6 Å². The molecule has 0 fully saturated rings. The Hall–Kier alpha value is -2.73. The van der Waals surface area contributed by atoms with Crippen LogP contribution in [0.1, 0.15) is 12.5 Å². The molecule has 2 aromatic carbocycles. The van der Waals surface area contributed by atoms with Crippen molar-refractivity contribution in [2.24, 2.45) is 0 Å². The smallest absolute Gasteiger partial charge is 0.248 e. The summed E-state index contributed by atoms with van der Waals surface area (Å²) < 4.78 is 27.3. The molecule has 2 N–H and O–H groups in total. The number of halogens is 3. The molecule has 7 heteroatoms. The van der Waals surface area contributed by atoms with E-state index in [0.29, 0.717) is 11.1 Å². The Morgan fingerprint density at radius 2 is 1.58 bits per heavy atom. The molecule has 2 amide bonds. The average molecular weight is 351 g/mol. The minimum atomic E-state index is -0.949. The highest BCUT2D eigenvalue weighted by molar-refractivity contribution is 6.30. The molecule has 124 valence electrons. The summed E-state index contributed by atoms with van der Waals surface area (Å²) in [5.74, 6) is -3.00. The van der Waals surface area contributed by atoms with E-state index in [4.69, 9.17) is 11.6 Å². The highest BCUT2D eigenvalue weighted by atomic mass is 35.5. The molecular formula is C17H13ClF2N2O2. The molecule has 24 heavy (non-hydrogen) atoms. The highest BCUT2D eigenvalue weighted by Gasteiger charge is 2.12. The summed E-state index contributed by atoms with van der Waals surface area (Å²) in [5.41, 5.74) is 0.264. The summed E-state index contributed by atoms with van der Waals surface area (Å²) in [6.45, 7) is 1.19. The molecule has 0 unspecified atom stereocenters. The molecular weight excluding hydrogens is 338 g/mol. The second-order valence-corrected chi connectivity index (χ2v) is 5.30. The quantitative estimate of drug-likeness (QED) is 0.811. The first-order valence-electron chi connectivity index (χ1n) is 6.86. The van der Waals surface area contributed by atoms with Crippen LogP contribution in [0.15, 0.2) is 42.5 Å². The van der Waals surface area contributed by atoms with Crippen LogP contribution >= 0.6 is 11.6 Å².